The second kappa shape index (κ2) is 6.48. The topological polar surface area (TPSA) is 73.3 Å². The van der Waals surface area contributed by atoms with Gasteiger partial charge in [-0.15, -0.1) is 0 Å². The van der Waals surface area contributed by atoms with Crippen LogP contribution in [0.1, 0.15) is 25.7 Å². The first-order chi connectivity index (χ1) is 11.1. The van der Waals surface area contributed by atoms with E-state index >= 15 is 0 Å². The number of benzene rings is 1. The van der Waals surface area contributed by atoms with Crippen molar-refractivity contribution in [2.45, 2.75) is 32.2 Å². The van der Waals surface area contributed by atoms with Crippen LogP contribution in [0.4, 0.5) is 0 Å². The number of esters is 1. The maximum atomic E-state index is 12.2. The van der Waals surface area contributed by atoms with Crippen LogP contribution < -0.4 is 10.4 Å². The Labute approximate surface area is 134 Å². The third kappa shape index (κ3) is 3.11. The number of carbonyl (C=O) groups excluding carboxylic acids is 1. The van der Waals surface area contributed by atoms with Crippen LogP contribution in [0.15, 0.2) is 23.0 Å². The van der Waals surface area contributed by atoms with Crippen molar-refractivity contribution < 1.29 is 14.3 Å². The Balaban J connectivity index is 1.76. The molecule has 0 atom stereocenters. The van der Waals surface area contributed by atoms with Crippen LogP contribution in [0.2, 0.25) is 0 Å². The molecular formula is C17H22N2O4. The zero-order valence-corrected chi connectivity index (χ0v) is 13.5. The molecule has 0 spiro atoms. The Kier molecular flexibility index (Phi) is 4.41. The van der Waals surface area contributed by atoms with Crippen LogP contribution in [0.25, 0.3) is 11.0 Å². The summed E-state index contributed by atoms with van der Waals surface area (Å²) in [4.78, 5) is 26.7. The number of fused-ring (bicyclic) bond motifs is 1. The summed E-state index contributed by atoms with van der Waals surface area (Å²) in [7, 11) is 3.05. The van der Waals surface area contributed by atoms with Gasteiger partial charge in [0.25, 0.3) is 0 Å². The molecule has 0 bridgehead atoms. The van der Waals surface area contributed by atoms with Gasteiger partial charge in [-0.05, 0) is 43.7 Å². The van der Waals surface area contributed by atoms with Gasteiger partial charge in [0.15, 0.2) is 0 Å². The minimum absolute atomic E-state index is 0.0102. The second-order valence-electron chi connectivity index (χ2n) is 6.16. The van der Waals surface area contributed by atoms with Crippen molar-refractivity contribution >= 4 is 17.0 Å². The molecule has 1 aliphatic carbocycles. The number of methoxy groups -OCH3 is 2. The Hall–Kier alpha value is -2.24. The zero-order valence-electron chi connectivity index (χ0n) is 13.5. The SMILES string of the molecule is COC(=O)C1CCC(Cn2c(=O)[nH]c3ccc(OC)cc32)CC1. The number of rotatable bonds is 4. The van der Waals surface area contributed by atoms with Crippen molar-refractivity contribution in [3.05, 3.63) is 28.7 Å². The minimum Gasteiger partial charge on any atom is -0.497 e. The van der Waals surface area contributed by atoms with Gasteiger partial charge >= 0.3 is 11.7 Å². The quantitative estimate of drug-likeness (QED) is 0.878. The predicted octanol–water partition coefficient (Wildman–Crippen LogP) is 2.32. The van der Waals surface area contributed by atoms with Crippen molar-refractivity contribution in [3.63, 3.8) is 0 Å². The number of hydrogen-bond acceptors (Lipinski definition) is 4. The van der Waals surface area contributed by atoms with Gasteiger partial charge < -0.3 is 14.5 Å². The largest absolute Gasteiger partial charge is 0.497 e. The lowest BCUT2D eigenvalue weighted by atomic mass is 9.82. The molecular weight excluding hydrogens is 296 g/mol. The van der Waals surface area contributed by atoms with Crippen LogP contribution in [-0.4, -0.2) is 29.7 Å². The van der Waals surface area contributed by atoms with E-state index in [4.69, 9.17) is 9.47 Å². The summed E-state index contributed by atoms with van der Waals surface area (Å²) in [6, 6.07) is 5.58. The van der Waals surface area contributed by atoms with Crippen LogP contribution in [-0.2, 0) is 16.1 Å². The molecule has 0 amide bonds. The molecule has 0 radical (unpaired) electrons. The third-order valence-corrected chi connectivity index (χ3v) is 4.80. The van der Waals surface area contributed by atoms with Crippen molar-refractivity contribution in [1.29, 1.82) is 0 Å². The first-order valence-corrected chi connectivity index (χ1v) is 7.96. The van der Waals surface area contributed by atoms with E-state index in [0.29, 0.717) is 12.5 Å². The molecule has 1 aromatic carbocycles. The van der Waals surface area contributed by atoms with Gasteiger partial charge in [-0.3, -0.25) is 9.36 Å². The molecule has 124 valence electrons. The zero-order chi connectivity index (χ0) is 16.4. The van der Waals surface area contributed by atoms with Gasteiger partial charge in [-0.1, -0.05) is 0 Å². The lowest BCUT2D eigenvalue weighted by Crippen LogP contribution is -2.27. The number of H-pyrrole nitrogens is 1. The van der Waals surface area contributed by atoms with Crippen LogP contribution >= 0.6 is 0 Å². The lowest BCUT2D eigenvalue weighted by Gasteiger charge is -2.27. The van der Waals surface area contributed by atoms with Crippen molar-refractivity contribution in [3.8, 4) is 5.75 Å². The van der Waals surface area contributed by atoms with Gasteiger partial charge in [0.2, 0.25) is 0 Å². The van der Waals surface area contributed by atoms with E-state index in [1.165, 1.54) is 7.11 Å². The Bertz CT molecular complexity index is 754. The summed E-state index contributed by atoms with van der Waals surface area (Å²) in [5.41, 5.74) is 1.59. The number of hydrogen-bond donors (Lipinski definition) is 1. The van der Waals surface area contributed by atoms with Crippen molar-refractivity contribution in [2.24, 2.45) is 11.8 Å². The molecule has 3 rings (SSSR count). The van der Waals surface area contributed by atoms with Gasteiger partial charge in [0.1, 0.15) is 5.75 Å². The van der Waals surface area contributed by atoms with E-state index in [0.717, 1.165) is 42.5 Å². The maximum Gasteiger partial charge on any atom is 0.326 e. The smallest absolute Gasteiger partial charge is 0.326 e. The molecule has 0 unspecified atom stereocenters. The Morgan fingerprint density at radius 3 is 2.65 bits per heavy atom. The first-order valence-electron chi connectivity index (χ1n) is 7.96. The highest BCUT2D eigenvalue weighted by molar-refractivity contribution is 5.77. The monoisotopic (exact) mass is 318 g/mol. The highest BCUT2D eigenvalue weighted by Crippen LogP contribution is 2.31. The van der Waals surface area contributed by atoms with Gasteiger partial charge in [-0.25, -0.2) is 4.79 Å². The average molecular weight is 318 g/mol. The minimum atomic E-state index is -0.113. The van der Waals surface area contributed by atoms with E-state index in [1.54, 1.807) is 11.7 Å². The van der Waals surface area contributed by atoms with E-state index in [2.05, 4.69) is 4.98 Å². The highest BCUT2D eigenvalue weighted by Gasteiger charge is 2.27. The molecule has 1 fully saturated rings. The third-order valence-electron chi connectivity index (χ3n) is 4.80. The average Bonchev–Trinajstić information content (AvgIpc) is 2.89. The predicted molar refractivity (Wildman–Crippen MR) is 86.6 cm³/mol. The molecule has 1 N–H and O–H groups in total. The summed E-state index contributed by atoms with van der Waals surface area (Å²) in [5, 5.41) is 0. The van der Waals surface area contributed by atoms with Crippen LogP contribution in [0, 0.1) is 11.8 Å². The number of aromatic amines is 1. The summed E-state index contributed by atoms with van der Waals surface area (Å²) in [5.74, 6) is 1.03. The van der Waals surface area contributed by atoms with Gasteiger partial charge in [-0.2, -0.15) is 0 Å². The first kappa shape index (κ1) is 15.6. The molecule has 23 heavy (non-hydrogen) atoms. The van der Waals surface area contributed by atoms with E-state index in [9.17, 15) is 9.59 Å². The molecule has 1 heterocycles. The number of carbonyl (C=O) groups is 1. The summed E-state index contributed by atoms with van der Waals surface area (Å²) in [6.07, 6.45) is 3.53. The molecule has 1 aliphatic rings. The molecule has 0 saturated heterocycles. The summed E-state index contributed by atoms with van der Waals surface area (Å²) < 4.78 is 11.8. The second-order valence-corrected chi connectivity index (χ2v) is 6.16. The molecule has 6 heteroatoms. The molecule has 2 aromatic rings. The fraction of sp³-hybridized carbons (Fsp3) is 0.529. The van der Waals surface area contributed by atoms with E-state index in [-0.39, 0.29) is 17.6 Å². The van der Waals surface area contributed by atoms with E-state index in [1.807, 2.05) is 18.2 Å². The molecule has 6 nitrogen and oxygen atoms in total. The fourth-order valence-corrected chi connectivity index (χ4v) is 3.45. The standard InChI is InChI=1S/C17H22N2O4/c1-22-13-7-8-14-15(9-13)19(17(21)18-14)10-11-3-5-12(6-4-11)16(20)23-2/h7-9,11-12H,3-6,10H2,1-2H3,(H,18,21). The Morgan fingerprint density at radius 1 is 1.26 bits per heavy atom. The highest BCUT2D eigenvalue weighted by atomic mass is 16.5. The fourth-order valence-electron chi connectivity index (χ4n) is 3.45. The van der Waals surface area contributed by atoms with Gasteiger partial charge in [0.05, 0.1) is 31.2 Å². The summed E-state index contributed by atoms with van der Waals surface area (Å²) >= 11 is 0. The molecule has 0 aliphatic heterocycles. The Morgan fingerprint density at radius 2 is 2.00 bits per heavy atom. The van der Waals surface area contributed by atoms with Crippen molar-refractivity contribution in [1.82, 2.24) is 9.55 Å². The lowest BCUT2D eigenvalue weighted by molar-refractivity contribution is -0.146. The number of nitrogens with one attached hydrogen (secondary N) is 1. The number of nitrogens with zero attached hydrogens (tertiary/aromatic N) is 1. The van der Waals surface area contributed by atoms with Crippen LogP contribution in [0.5, 0.6) is 5.75 Å². The van der Waals surface area contributed by atoms with E-state index < -0.39 is 0 Å². The number of imidazole rings is 1. The number of aromatic nitrogens is 2. The number of ether oxygens (including phenoxy) is 2. The summed E-state index contributed by atoms with van der Waals surface area (Å²) in [6.45, 7) is 0.667. The normalized spacial score (nSPS) is 21.3. The van der Waals surface area contributed by atoms with Crippen molar-refractivity contribution in [2.75, 3.05) is 14.2 Å². The molecule has 1 saturated carbocycles. The molecule has 1 aromatic heterocycles. The maximum absolute atomic E-state index is 12.2. The van der Waals surface area contributed by atoms with Crippen LogP contribution in [0.3, 0.4) is 0 Å². The van der Waals surface area contributed by atoms with Gasteiger partial charge in [0, 0.05) is 12.6 Å².